The number of benzene rings is 1. The summed E-state index contributed by atoms with van der Waals surface area (Å²) in [7, 11) is 1.57. The molecule has 1 atom stereocenters. The highest BCUT2D eigenvalue weighted by molar-refractivity contribution is 6.60. The highest BCUT2D eigenvalue weighted by Gasteiger charge is 2.40. The SMILES string of the molecule is CO[Si](COC(=O)C(C)c1ccccc1)(OC)OC. The maximum atomic E-state index is 12.0. The van der Waals surface area contributed by atoms with Crippen LogP contribution in [-0.4, -0.2) is 42.3 Å². The zero-order valence-corrected chi connectivity index (χ0v) is 12.7. The van der Waals surface area contributed by atoms with E-state index in [0.717, 1.165) is 5.56 Å². The second-order valence-corrected chi connectivity index (χ2v) is 6.91. The lowest BCUT2D eigenvalue weighted by Crippen LogP contribution is -2.48. The van der Waals surface area contributed by atoms with Crippen LogP contribution in [0.1, 0.15) is 18.4 Å². The second kappa shape index (κ2) is 7.39. The van der Waals surface area contributed by atoms with E-state index in [-0.39, 0.29) is 18.1 Å². The van der Waals surface area contributed by atoms with Gasteiger partial charge in [0.25, 0.3) is 0 Å². The Labute approximate surface area is 114 Å². The van der Waals surface area contributed by atoms with Gasteiger partial charge in [0.05, 0.1) is 5.92 Å². The molecule has 1 aromatic rings. The van der Waals surface area contributed by atoms with Crippen molar-refractivity contribution in [2.45, 2.75) is 12.8 Å². The normalized spacial score (nSPS) is 13.1. The van der Waals surface area contributed by atoms with Gasteiger partial charge in [0.2, 0.25) is 0 Å². The van der Waals surface area contributed by atoms with Crippen molar-refractivity contribution in [2.24, 2.45) is 0 Å². The molecule has 0 bridgehead atoms. The second-order valence-electron chi connectivity index (χ2n) is 4.04. The van der Waals surface area contributed by atoms with E-state index in [0.29, 0.717) is 0 Å². The van der Waals surface area contributed by atoms with Gasteiger partial charge in [-0.2, -0.15) is 0 Å². The van der Waals surface area contributed by atoms with Gasteiger partial charge in [-0.15, -0.1) is 0 Å². The number of ether oxygens (including phenoxy) is 1. The molecule has 0 radical (unpaired) electrons. The van der Waals surface area contributed by atoms with E-state index in [4.69, 9.17) is 18.0 Å². The summed E-state index contributed by atoms with van der Waals surface area (Å²) >= 11 is 0. The number of hydrogen-bond acceptors (Lipinski definition) is 5. The molecule has 106 valence electrons. The molecule has 1 unspecified atom stereocenters. The molecule has 0 saturated heterocycles. The summed E-state index contributed by atoms with van der Waals surface area (Å²) in [5.74, 6) is -0.660. The molecule has 5 nitrogen and oxygen atoms in total. The van der Waals surface area contributed by atoms with E-state index in [1.165, 1.54) is 21.3 Å². The van der Waals surface area contributed by atoms with E-state index in [1.807, 2.05) is 30.3 Å². The van der Waals surface area contributed by atoms with Crippen molar-refractivity contribution in [1.82, 2.24) is 0 Å². The number of rotatable bonds is 7. The molecule has 0 heterocycles. The summed E-state index contributed by atoms with van der Waals surface area (Å²) in [6.07, 6.45) is 0.00646. The smallest absolute Gasteiger partial charge is 0.461 e. The Bertz CT molecular complexity index is 383. The molecule has 0 amide bonds. The summed E-state index contributed by atoms with van der Waals surface area (Å²) in [6.45, 7) is 1.80. The molecule has 1 rings (SSSR count). The summed E-state index contributed by atoms with van der Waals surface area (Å²) in [5, 5.41) is 0. The lowest BCUT2D eigenvalue weighted by atomic mass is 10.0. The predicted molar refractivity (Wildman–Crippen MR) is 72.6 cm³/mol. The van der Waals surface area contributed by atoms with Crippen molar-refractivity contribution in [2.75, 3.05) is 27.6 Å². The first-order chi connectivity index (χ1) is 9.08. The van der Waals surface area contributed by atoms with E-state index in [9.17, 15) is 4.79 Å². The van der Waals surface area contributed by atoms with Gasteiger partial charge in [-0.1, -0.05) is 30.3 Å². The van der Waals surface area contributed by atoms with Crippen molar-refractivity contribution >= 4 is 14.8 Å². The van der Waals surface area contributed by atoms with Crippen LogP contribution in [-0.2, 0) is 22.8 Å². The average molecular weight is 284 g/mol. The van der Waals surface area contributed by atoms with Gasteiger partial charge in [0, 0.05) is 21.3 Å². The minimum Gasteiger partial charge on any atom is -0.461 e. The molecule has 0 saturated carbocycles. The Morgan fingerprint density at radius 3 is 2.11 bits per heavy atom. The van der Waals surface area contributed by atoms with E-state index < -0.39 is 8.80 Å². The van der Waals surface area contributed by atoms with Crippen molar-refractivity contribution < 1.29 is 22.8 Å². The van der Waals surface area contributed by atoms with Gasteiger partial charge in [-0.25, -0.2) is 0 Å². The Morgan fingerprint density at radius 1 is 1.11 bits per heavy atom. The van der Waals surface area contributed by atoms with Gasteiger partial charge >= 0.3 is 14.8 Å². The number of hydrogen-bond donors (Lipinski definition) is 0. The Kier molecular flexibility index (Phi) is 6.17. The largest absolute Gasteiger partial charge is 0.539 e. The van der Waals surface area contributed by atoms with Gasteiger partial charge < -0.3 is 18.0 Å². The van der Waals surface area contributed by atoms with Crippen molar-refractivity contribution in [3.63, 3.8) is 0 Å². The maximum Gasteiger partial charge on any atom is 0.539 e. The first-order valence-electron chi connectivity index (χ1n) is 5.95. The van der Waals surface area contributed by atoms with Crippen LogP contribution in [0.5, 0.6) is 0 Å². The molecule has 0 aliphatic carbocycles. The summed E-state index contributed by atoms with van der Waals surface area (Å²) in [4.78, 5) is 12.0. The summed E-state index contributed by atoms with van der Waals surface area (Å²) < 4.78 is 20.8. The zero-order valence-electron chi connectivity index (χ0n) is 11.7. The fraction of sp³-hybridized carbons (Fsp3) is 0.462. The molecule has 0 fully saturated rings. The van der Waals surface area contributed by atoms with Gasteiger partial charge in [0.15, 0.2) is 6.23 Å². The Morgan fingerprint density at radius 2 is 1.63 bits per heavy atom. The van der Waals surface area contributed by atoms with Gasteiger partial charge in [-0.3, -0.25) is 4.79 Å². The molecular weight excluding hydrogens is 264 g/mol. The highest BCUT2D eigenvalue weighted by Crippen LogP contribution is 2.17. The molecule has 0 aliphatic heterocycles. The fourth-order valence-corrected chi connectivity index (χ4v) is 2.76. The molecule has 0 N–H and O–H groups in total. The van der Waals surface area contributed by atoms with E-state index >= 15 is 0 Å². The molecule has 0 spiro atoms. The average Bonchev–Trinajstić information content (AvgIpc) is 2.49. The predicted octanol–water partition coefficient (Wildman–Crippen LogP) is 1.75. The summed E-state index contributed by atoms with van der Waals surface area (Å²) in [6, 6.07) is 9.45. The quantitative estimate of drug-likeness (QED) is 0.564. The van der Waals surface area contributed by atoms with Crippen LogP contribution in [0.3, 0.4) is 0 Å². The van der Waals surface area contributed by atoms with Gasteiger partial charge in [-0.05, 0) is 12.5 Å². The monoisotopic (exact) mass is 284 g/mol. The molecule has 0 aromatic heterocycles. The third kappa shape index (κ3) is 4.14. The third-order valence-electron chi connectivity index (χ3n) is 2.98. The minimum atomic E-state index is -2.87. The molecule has 1 aromatic carbocycles. The topological polar surface area (TPSA) is 54.0 Å². The first kappa shape index (κ1) is 15.8. The van der Waals surface area contributed by atoms with Crippen LogP contribution in [0.25, 0.3) is 0 Å². The Hall–Kier alpha value is -1.21. The maximum absolute atomic E-state index is 12.0. The lowest BCUT2D eigenvalue weighted by molar-refractivity contribution is -0.144. The Balaban J connectivity index is 2.60. The van der Waals surface area contributed by atoms with Crippen LogP contribution in [0.4, 0.5) is 0 Å². The highest BCUT2D eigenvalue weighted by atomic mass is 28.4. The van der Waals surface area contributed by atoms with E-state index in [2.05, 4.69) is 0 Å². The lowest BCUT2D eigenvalue weighted by Gasteiger charge is -2.24. The number of esters is 1. The zero-order chi connectivity index (χ0) is 14.3. The van der Waals surface area contributed by atoms with Crippen LogP contribution in [0.15, 0.2) is 30.3 Å². The van der Waals surface area contributed by atoms with Crippen LogP contribution < -0.4 is 0 Å². The van der Waals surface area contributed by atoms with Crippen molar-refractivity contribution in [3.8, 4) is 0 Å². The molecule has 6 heteroatoms. The van der Waals surface area contributed by atoms with Gasteiger partial charge in [0.1, 0.15) is 0 Å². The minimum absolute atomic E-state index is 0.00646. The fourth-order valence-electron chi connectivity index (χ4n) is 1.59. The molecule has 19 heavy (non-hydrogen) atoms. The van der Waals surface area contributed by atoms with E-state index in [1.54, 1.807) is 6.92 Å². The number of carbonyl (C=O) groups excluding carboxylic acids is 1. The molecule has 0 aliphatic rings. The summed E-state index contributed by atoms with van der Waals surface area (Å²) in [5.41, 5.74) is 0.909. The van der Waals surface area contributed by atoms with Crippen molar-refractivity contribution in [3.05, 3.63) is 35.9 Å². The van der Waals surface area contributed by atoms with Crippen LogP contribution >= 0.6 is 0 Å². The third-order valence-corrected chi connectivity index (χ3v) is 5.34. The number of carbonyl (C=O) groups is 1. The molecular formula is C13H20O5Si. The first-order valence-corrected chi connectivity index (χ1v) is 7.88. The van der Waals surface area contributed by atoms with Crippen LogP contribution in [0.2, 0.25) is 0 Å². The standard InChI is InChI=1S/C13H20O5Si/c1-11(12-8-6-5-7-9-12)13(14)18-10-19(15-2,16-3)17-4/h5-9,11H,10H2,1-4H3. The van der Waals surface area contributed by atoms with Crippen LogP contribution in [0, 0.1) is 0 Å². The van der Waals surface area contributed by atoms with Crippen molar-refractivity contribution in [1.29, 1.82) is 0 Å².